The Bertz CT molecular complexity index is 1180. The summed E-state index contributed by atoms with van der Waals surface area (Å²) in [6, 6.07) is 12.8. The Balaban J connectivity index is 1.55. The molecule has 4 aromatic rings. The average Bonchev–Trinajstić information content (AvgIpc) is 3.39. The van der Waals surface area contributed by atoms with Crippen molar-refractivity contribution in [3.63, 3.8) is 0 Å². The fourth-order valence-corrected chi connectivity index (χ4v) is 3.08. The first-order valence-electron chi connectivity index (χ1n) is 9.06. The van der Waals surface area contributed by atoms with E-state index in [4.69, 9.17) is 8.83 Å². The molecule has 8 heteroatoms. The van der Waals surface area contributed by atoms with Crippen molar-refractivity contribution < 1.29 is 18.4 Å². The smallest absolute Gasteiger partial charge is 0.287 e. The van der Waals surface area contributed by atoms with E-state index in [0.717, 1.165) is 5.56 Å². The summed E-state index contributed by atoms with van der Waals surface area (Å²) in [6.45, 7) is 5.52. The lowest BCUT2D eigenvalue weighted by Gasteiger charge is -2.26. The molecule has 0 unspecified atom stereocenters. The van der Waals surface area contributed by atoms with Crippen LogP contribution in [-0.4, -0.2) is 22.0 Å². The van der Waals surface area contributed by atoms with Gasteiger partial charge in [0.15, 0.2) is 17.2 Å². The maximum atomic E-state index is 12.7. The van der Waals surface area contributed by atoms with Crippen LogP contribution in [0.1, 0.15) is 46.1 Å². The Morgan fingerprint density at radius 1 is 1.10 bits per heavy atom. The molecular weight excluding hydrogens is 372 g/mol. The van der Waals surface area contributed by atoms with E-state index in [1.165, 1.54) is 6.26 Å². The summed E-state index contributed by atoms with van der Waals surface area (Å²) in [5.74, 6) is 0.0697. The number of carbonyl (C=O) groups is 2. The second-order valence-corrected chi connectivity index (χ2v) is 7.22. The van der Waals surface area contributed by atoms with Gasteiger partial charge >= 0.3 is 0 Å². The van der Waals surface area contributed by atoms with E-state index in [2.05, 4.69) is 20.8 Å². The standard InChI is InChI=1S/C21H20N4O4/c1-12-14(9-10-28-12)19(26)22-18-17-15(24-25-18)11-16(29-17)20(27)23-21(2,3)13-7-5-4-6-8-13/h4-11H,1-3H3,(H,23,27)(H2,22,24,25,26). The molecule has 29 heavy (non-hydrogen) atoms. The Kier molecular flexibility index (Phi) is 4.46. The number of hydrogen-bond acceptors (Lipinski definition) is 5. The summed E-state index contributed by atoms with van der Waals surface area (Å²) >= 11 is 0. The molecule has 0 spiro atoms. The highest BCUT2D eigenvalue weighted by molar-refractivity contribution is 6.08. The highest BCUT2D eigenvalue weighted by Gasteiger charge is 2.26. The maximum Gasteiger partial charge on any atom is 0.287 e. The third-order valence-electron chi connectivity index (χ3n) is 4.72. The van der Waals surface area contributed by atoms with E-state index in [9.17, 15) is 9.59 Å². The highest BCUT2D eigenvalue weighted by atomic mass is 16.3. The minimum Gasteiger partial charge on any atom is -0.469 e. The predicted molar refractivity (Wildman–Crippen MR) is 107 cm³/mol. The van der Waals surface area contributed by atoms with Crippen LogP contribution in [0.25, 0.3) is 11.1 Å². The van der Waals surface area contributed by atoms with Crippen LogP contribution >= 0.6 is 0 Å². The van der Waals surface area contributed by atoms with Crippen molar-refractivity contribution in [3.8, 4) is 0 Å². The van der Waals surface area contributed by atoms with Crippen LogP contribution in [0.15, 0.2) is 57.6 Å². The molecule has 3 aromatic heterocycles. The van der Waals surface area contributed by atoms with Crippen LogP contribution in [0.2, 0.25) is 0 Å². The van der Waals surface area contributed by atoms with E-state index in [0.29, 0.717) is 22.4 Å². The molecule has 0 aliphatic heterocycles. The van der Waals surface area contributed by atoms with Gasteiger partial charge in [-0.25, -0.2) is 0 Å². The molecule has 148 valence electrons. The average molecular weight is 392 g/mol. The summed E-state index contributed by atoms with van der Waals surface area (Å²) in [5.41, 5.74) is 1.58. The van der Waals surface area contributed by atoms with E-state index < -0.39 is 5.54 Å². The van der Waals surface area contributed by atoms with Crippen LogP contribution in [0.5, 0.6) is 0 Å². The fraction of sp³-hybridized carbons (Fsp3) is 0.190. The van der Waals surface area contributed by atoms with Gasteiger partial charge in [-0.2, -0.15) is 5.10 Å². The number of carbonyl (C=O) groups excluding carboxylic acids is 2. The van der Waals surface area contributed by atoms with E-state index >= 15 is 0 Å². The zero-order valence-electron chi connectivity index (χ0n) is 16.2. The summed E-state index contributed by atoms with van der Waals surface area (Å²) < 4.78 is 10.8. The number of hydrogen-bond donors (Lipinski definition) is 3. The number of benzene rings is 1. The minimum absolute atomic E-state index is 0.118. The molecule has 0 bridgehead atoms. The van der Waals surface area contributed by atoms with Crippen molar-refractivity contribution in [3.05, 3.63) is 71.4 Å². The Morgan fingerprint density at radius 3 is 2.55 bits per heavy atom. The molecule has 0 saturated heterocycles. The molecule has 4 rings (SSSR count). The molecule has 0 fully saturated rings. The predicted octanol–water partition coefficient (Wildman–Crippen LogP) is 3.97. The lowest BCUT2D eigenvalue weighted by Crippen LogP contribution is -2.40. The summed E-state index contributed by atoms with van der Waals surface area (Å²) in [4.78, 5) is 25.1. The first-order valence-corrected chi connectivity index (χ1v) is 9.06. The van der Waals surface area contributed by atoms with E-state index in [1.807, 2.05) is 44.2 Å². The third-order valence-corrected chi connectivity index (χ3v) is 4.72. The van der Waals surface area contributed by atoms with Crippen LogP contribution in [0, 0.1) is 6.92 Å². The second-order valence-electron chi connectivity index (χ2n) is 7.22. The topological polar surface area (TPSA) is 113 Å². The van der Waals surface area contributed by atoms with Crippen LogP contribution in [0.4, 0.5) is 5.82 Å². The molecule has 0 atom stereocenters. The van der Waals surface area contributed by atoms with Crippen molar-refractivity contribution >= 4 is 28.7 Å². The van der Waals surface area contributed by atoms with Gasteiger partial charge in [0, 0.05) is 6.07 Å². The second kappa shape index (κ2) is 6.97. The molecule has 3 heterocycles. The number of nitrogens with one attached hydrogen (secondary N) is 3. The number of aryl methyl sites for hydroxylation is 1. The molecule has 0 saturated carbocycles. The zero-order chi connectivity index (χ0) is 20.6. The number of furan rings is 2. The van der Waals surface area contributed by atoms with Gasteiger partial charge in [-0.05, 0) is 32.4 Å². The maximum absolute atomic E-state index is 12.7. The molecule has 0 aliphatic rings. The molecule has 0 aliphatic carbocycles. The fourth-order valence-electron chi connectivity index (χ4n) is 3.08. The van der Waals surface area contributed by atoms with Gasteiger partial charge in [0.05, 0.1) is 17.4 Å². The third kappa shape index (κ3) is 3.52. The van der Waals surface area contributed by atoms with Crippen molar-refractivity contribution in [2.24, 2.45) is 0 Å². The molecule has 1 aromatic carbocycles. The number of nitrogens with zero attached hydrogens (tertiary/aromatic N) is 1. The normalized spacial score (nSPS) is 11.6. The van der Waals surface area contributed by atoms with Gasteiger partial charge in [-0.3, -0.25) is 14.7 Å². The number of aromatic nitrogens is 2. The minimum atomic E-state index is -0.590. The number of rotatable bonds is 5. The number of anilines is 1. The molecular formula is C21H20N4O4. The Hall–Kier alpha value is -3.81. The quantitative estimate of drug-likeness (QED) is 0.475. The van der Waals surface area contributed by atoms with Gasteiger partial charge < -0.3 is 19.5 Å². The molecule has 2 amide bonds. The number of aromatic amines is 1. The monoisotopic (exact) mass is 392 g/mol. The van der Waals surface area contributed by atoms with Crippen LogP contribution < -0.4 is 10.6 Å². The number of amides is 2. The van der Waals surface area contributed by atoms with Gasteiger partial charge in [0.25, 0.3) is 11.8 Å². The van der Waals surface area contributed by atoms with Crippen molar-refractivity contribution in [2.75, 3.05) is 5.32 Å². The lowest BCUT2D eigenvalue weighted by atomic mass is 9.94. The summed E-state index contributed by atoms with van der Waals surface area (Å²) in [5, 5.41) is 12.4. The zero-order valence-corrected chi connectivity index (χ0v) is 16.2. The van der Waals surface area contributed by atoms with Gasteiger partial charge in [0.1, 0.15) is 11.3 Å². The number of fused-ring (bicyclic) bond motifs is 1. The van der Waals surface area contributed by atoms with E-state index in [-0.39, 0.29) is 23.4 Å². The lowest BCUT2D eigenvalue weighted by molar-refractivity contribution is 0.0885. The van der Waals surface area contributed by atoms with Gasteiger partial charge in [-0.1, -0.05) is 30.3 Å². The number of H-pyrrole nitrogens is 1. The molecule has 8 nitrogen and oxygen atoms in total. The highest BCUT2D eigenvalue weighted by Crippen LogP contribution is 2.26. The van der Waals surface area contributed by atoms with Gasteiger partial charge in [0.2, 0.25) is 0 Å². The molecule has 3 N–H and O–H groups in total. The first-order chi connectivity index (χ1) is 13.8. The molecule has 0 radical (unpaired) electrons. The van der Waals surface area contributed by atoms with Crippen molar-refractivity contribution in [1.82, 2.24) is 15.5 Å². The SMILES string of the molecule is Cc1occc1C(=O)Nc1n[nH]c2cc(C(=O)NC(C)(C)c3ccccc3)oc12. The van der Waals surface area contributed by atoms with Crippen molar-refractivity contribution in [1.29, 1.82) is 0 Å². The Labute approximate surface area is 166 Å². The van der Waals surface area contributed by atoms with E-state index in [1.54, 1.807) is 19.1 Å². The first kappa shape index (κ1) is 18.5. The van der Waals surface area contributed by atoms with Crippen LogP contribution in [0.3, 0.4) is 0 Å². The van der Waals surface area contributed by atoms with Crippen LogP contribution in [-0.2, 0) is 5.54 Å². The van der Waals surface area contributed by atoms with Gasteiger partial charge in [-0.15, -0.1) is 0 Å². The largest absolute Gasteiger partial charge is 0.469 e. The van der Waals surface area contributed by atoms with Crippen molar-refractivity contribution in [2.45, 2.75) is 26.3 Å². The summed E-state index contributed by atoms with van der Waals surface area (Å²) in [7, 11) is 0. The Morgan fingerprint density at radius 2 is 1.86 bits per heavy atom. The summed E-state index contributed by atoms with van der Waals surface area (Å²) in [6.07, 6.45) is 1.44.